The Bertz CT molecular complexity index is 241. The number of amides is 1. The number of halogens is 1. The highest BCUT2D eigenvalue weighted by molar-refractivity contribution is 6.21. The van der Waals surface area contributed by atoms with Gasteiger partial charge in [-0.3, -0.25) is 4.79 Å². The number of rotatable bonds is 4. The molecule has 0 aromatic carbocycles. The monoisotopic (exact) mass is 244 g/mol. The second-order valence-electron chi connectivity index (χ2n) is 4.90. The molecule has 3 nitrogen and oxygen atoms in total. The molecule has 0 spiro atoms. The van der Waals surface area contributed by atoms with Crippen LogP contribution in [0, 0.1) is 0 Å². The average Bonchev–Trinajstić information content (AvgIpc) is 2.66. The molecule has 92 valence electrons. The van der Waals surface area contributed by atoms with Crippen LogP contribution in [0.25, 0.3) is 0 Å². The van der Waals surface area contributed by atoms with Crippen molar-refractivity contribution in [2.75, 3.05) is 32.7 Å². The Labute approximate surface area is 103 Å². The highest BCUT2D eigenvalue weighted by Crippen LogP contribution is 2.15. The first-order valence-corrected chi connectivity index (χ1v) is 6.83. The molecule has 2 aliphatic heterocycles. The average molecular weight is 245 g/mol. The number of hydrogen-bond acceptors (Lipinski definition) is 2. The van der Waals surface area contributed by atoms with Crippen LogP contribution in [-0.4, -0.2) is 53.8 Å². The predicted octanol–water partition coefficient (Wildman–Crippen LogP) is 1.70. The Kier molecular flexibility index (Phi) is 4.47. The maximum absolute atomic E-state index is 11.5. The minimum absolute atomic E-state index is 0.0974. The van der Waals surface area contributed by atoms with Crippen molar-refractivity contribution in [1.82, 2.24) is 9.80 Å². The van der Waals surface area contributed by atoms with Gasteiger partial charge < -0.3 is 9.80 Å². The van der Waals surface area contributed by atoms with Crippen molar-refractivity contribution in [1.29, 1.82) is 0 Å². The molecular formula is C12H21ClN2O. The third-order valence-electron chi connectivity index (χ3n) is 3.49. The van der Waals surface area contributed by atoms with Gasteiger partial charge in [0, 0.05) is 26.1 Å². The van der Waals surface area contributed by atoms with Crippen molar-refractivity contribution < 1.29 is 4.79 Å². The fraction of sp³-hybridized carbons (Fsp3) is 0.917. The Balaban J connectivity index is 1.70. The summed E-state index contributed by atoms with van der Waals surface area (Å²) >= 11 is 6.32. The van der Waals surface area contributed by atoms with Crippen LogP contribution in [0.5, 0.6) is 0 Å². The second-order valence-corrected chi connectivity index (χ2v) is 5.52. The molecule has 1 amide bonds. The highest BCUT2D eigenvalue weighted by Gasteiger charge is 2.23. The first-order valence-electron chi connectivity index (χ1n) is 6.40. The van der Waals surface area contributed by atoms with Gasteiger partial charge in [-0.15, -0.1) is 11.6 Å². The first-order chi connectivity index (χ1) is 7.75. The lowest BCUT2D eigenvalue weighted by Gasteiger charge is -2.29. The number of likely N-dealkylation sites (tertiary alicyclic amines) is 2. The summed E-state index contributed by atoms with van der Waals surface area (Å²) in [5.74, 6) is 0.282. The molecule has 0 aromatic heterocycles. The molecule has 2 aliphatic rings. The molecule has 0 bridgehead atoms. The van der Waals surface area contributed by atoms with E-state index in [0.717, 1.165) is 26.1 Å². The quantitative estimate of drug-likeness (QED) is 0.703. The van der Waals surface area contributed by atoms with E-state index in [9.17, 15) is 4.79 Å². The minimum Gasteiger partial charge on any atom is -0.341 e. The van der Waals surface area contributed by atoms with Gasteiger partial charge in [-0.05, 0) is 32.4 Å². The van der Waals surface area contributed by atoms with Crippen molar-refractivity contribution in [3.8, 4) is 0 Å². The van der Waals surface area contributed by atoms with Gasteiger partial charge in [-0.2, -0.15) is 0 Å². The zero-order valence-electron chi connectivity index (χ0n) is 9.83. The van der Waals surface area contributed by atoms with E-state index in [0.29, 0.717) is 6.42 Å². The Morgan fingerprint density at radius 2 is 1.81 bits per heavy atom. The molecule has 2 rings (SSSR count). The van der Waals surface area contributed by atoms with Gasteiger partial charge in [0.2, 0.25) is 5.91 Å². The molecule has 0 saturated carbocycles. The lowest BCUT2D eigenvalue weighted by molar-refractivity contribution is -0.127. The second kappa shape index (κ2) is 5.87. The van der Waals surface area contributed by atoms with E-state index in [1.54, 1.807) is 0 Å². The van der Waals surface area contributed by atoms with Crippen LogP contribution in [0.1, 0.15) is 32.1 Å². The molecule has 1 atom stereocenters. The summed E-state index contributed by atoms with van der Waals surface area (Å²) in [5, 5.41) is 0.0974. The topological polar surface area (TPSA) is 23.6 Å². The fourth-order valence-electron chi connectivity index (χ4n) is 2.62. The van der Waals surface area contributed by atoms with Gasteiger partial charge in [-0.25, -0.2) is 0 Å². The largest absolute Gasteiger partial charge is 0.341 e. The van der Waals surface area contributed by atoms with Crippen molar-refractivity contribution in [2.24, 2.45) is 0 Å². The van der Waals surface area contributed by atoms with Gasteiger partial charge in [-0.1, -0.05) is 6.42 Å². The van der Waals surface area contributed by atoms with Crippen molar-refractivity contribution in [3.63, 3.8) is 0 Å². The molecule has 0 radical (unpaired) electrons. The normalized spacial score (nSPS) is 25.1. The van der Waals surface area contributed by atoms with E-state index in [1.807, 2.05) is 4.90 Å². The van der Waals surface area contributed by atoms with Crippen LogP contribution in [0.2, 0.25) is 0 Å². The Morgan fingerprint density at radius 3 is 2.44 bits per heavy atom. The summed E-state index contributed by atoms with van der Waals surface area (Å²) in [6.45, 7) is 4.93. The third kappa shape index (κ3) is 3.36. The third-order valence-corrected chi connectivity index (χ3v) is 3.77. The maximum atomic E-state index is 11.5. The zero-order chi connectivity index (χ0) is 11.4. The van der Waals surface area contributed by atoms with Crippen molar-refractivity contribution in [3.05, 3.63) is 0 Å². The number of carbonyl (C=O) groups excluding carboxylic acids is 1. The fourth-order valence-corrected chi connectivity index (χ4v) is 2.98. The summed E-state index contributed by atoms with van der Waals surface area (Å²) in [6, 6.07) is 0. The van der Waals surface area contributed by atoms with Crippen LogP contribution >= 0.6 is 11.6 Å². The number of carbonyl (C=O) groups is 1. The van der Waals surface area contributed by atoms with Crippen molar-refractivity contribution in [2.45, 2.75) is 37.5 Å². The number of hydrogen-bond donors (Lipinski definition) is 0. The van der Waals surface area contributed by atoms with E-state index >= 15 is 0 Å². The van der Waals surface area contributed by atoms with Crippen LogP contribution in [0.15, 0.2) is 0 Å². The van der Waals surface area contributed by atoms with E-state index < -0.39 is 0 Å². The smallest absolute Gasteiger partial charge is 0.222 e. The van der Waals surface area contributed by atoms with Crippen molar-refractivity contribution >= 4 is 17.5 Å². The Hall–Kier alpha value is -0.280. The number of nitrogens with zero attached hydrogens (tertiary/aromatic N) is 2. The molecule has 2 heterocycles. The van der Waals surface area contributed by atoms with Crippen LogP contribution < -0.4 is 0 Å². The molecule has 1 unspecified atom stereocenters. The molecule has 2 fully saturated rings. The number of alkyl halides is 1. The summed E-state index contributed by atoms with van der Waals surface area (Å²) < 4.78 is 0. The summed E-state index contributed by atoms with van der Waals surface area (Å²) in [6.07, 6.45) is 5.67. The maximum Gasteiger partial charge on any atom is 0.222 e. The van der Waals surface area contributed by atoms with Gasteiger partial charge in [0.05, 0.1) is 5.38 Å². The van der Waals surface area contributed by atoms with Crippen LogP contribution in [0.4, 0.5) is 0 Å². The molecular weight excluding hydrogens is 224 g/mol. The molecule has 0 N–H and O–H groups in total. The van der Waals surface area contributed by atoms with Gasteiger partial charge in [0.15, 0.2) is 0 Å². The van der Waals surface area contributed by atoms with E-state index in [4.69, 9.17) is 11.6 Å². The minimum atomic E-state index is 0.0974. The SMILES string of the molecule is O=C1CCCN1CC(Cl)CN1CCCCC1. The van der Waals surface area contributed by atoms with Gasteiger partial charge in [0.1, 0.15) is 0 Å². The predicted molar refractivity (Wildman–Crippen MR) is 65.7 cm³/mol. The van der Waals surface area contributed by atoms with Gasteiger partial charge >= 0.3 is 0 Å². The van der Waals surface area contributed by atoms with E-state index in [1.165, 1.54) is 32.4 Å². The lowest BCUT2D eigenvalue weighted by Crippen LogP contribution is -2.40. The summed E-state index contributed by atoms with van der Waals surface area (Å²) in [4.78, 5) is 15.8. The lowest BCUT2D eigenvalue weighted by atomic mass is 10.1. The molecule has 16 heavy (non-hydrogen) atoms. The summed E-state index contributed by atoms with van der Waals surface area (Å²) in [5.41, 5.74) is 0. The zero-order valence-corrected chi connectivity index (χ0v) is 10.6. The van der Waals surface area contributed by atoms with Gasteiger partial charge in [0.25, 0.3) is 0 Å². The number of piperidine rings is 1. The van der Waals surface area contributed by atoms with Crippen LogP contribution in [-0.2, 0) is 4.79 Å². The van der Waals surface area contributed by atoms with E-state index in [2.05, 4.69) is 4.90 Å². The molecule has 0 aromatic rings. The molecule has 0 aliphatic carbocycles. The first kappa shape index (κ1) is 12.2. The van der Waals surface area contributed by atoms with Crippen LogP contribution in [0.3, 0.4) is 0 Å². The highest BCUT2D eigenvalue weighted by atomic mass is 35.5. The standard InChI is InChI=1S/C12H21ClN2O/c13-11(9-14-6-2-1-3-7-14)10-15-8-4-5-12(15)16/h11H,1-10H2. The van der Waals surface area contributed by atoms with E-state index in [-0.39, 0.29) is 11.3 Å². The Morgan fingerprint density at radius 1 is 1.06 bits per heavy atom. The summed E-state index contributed by atoms with van der Waals surface area (Å²) in [7, 11) is 0. The molecule has 4 heteroatoms. The molecule has 2 saturated heterocycles.